The van der Waals surface area contributed by atoms with E-state index in [4.69, 9.17) is 5.73 Å². The van der Waals surface area contributed by atoms with Gasteiger partial charge in [0.15, 0.2) is 0 Å². The zero-order valence-corrected chi connectivity index (χ0v) is 10.9. The molecule has 0 unspecified atom stereocenters. The Hall–Kier alpha value is -2.36. The highest BCUT2D eigenvalue weighted by atomic mass is 16.2. The Bertz CT molecular complexity index is 554. The van der Waals surface area contributed by atoms with Crippen LogP contribution in [0.1, 0.15) is 22.8 Å². The van der Waals surface area contributed by atoms with E-state index in [2.05, 4.69) is 4.98 Å². The molecule has 0 fully saturated rings. The number of hydrogen-bond donors (Lipinski definition) is 1. The number of carbonyl (C=O) groups is 1. The first-order valence-electron chi connectivity index (χ1n) is 6.25. The number of carbonyl (C=O) groups excluding carboxylic acids is 1. The number of nitrogen functional groups attached to an aromatic ring is 1. The number of para-hydroxylation sites is 1. The van der Waals surface area contributed by atoms with Crippen molar-refractivity contribution >= 4 is 11.6 Å². The van der Waals surface area contributed by atoms with Crippen LogP contribution in [-0.2, 0) is 6.54 Å². The average molecular weight is 255 g/mol. The monoisotopic (exact) mass is 255 g/mol. The summed E-state index contributed by atoms with van der Waals surface area (Å²) in [6.07, 6.45) is 3.45. The van der Waals surface area contributed by atoms with Crippen molar-refractivity contribution in [3.05, 3.63) is 59.9 Å². The molecule has 19 heavy (non-hydrogen) atoms. The average Bonchev–Trinajstić information content (AvgIpc) is 2.46. The predicted octanol–water partition coefficient (Wildman–Crippen LogP) is 2.33. The van der Waals surface area contributed by atoms with Crippen LogP contribution in [0.3, 0.4) is 0 Å². The van der Waals surface area contributed by atoms with Gasteiger partial charge in [0.2, 0.25) is 0 Å². The van der Waals surface area contributed by atoms with E-state index in [1.54, 1.807) is 29.4 Å². The number of benzene rings is 1. The number of nitrogens with two attached hydrogens (primary N) is 1. The SMILES string of the molecule is CCN(Cc1ccncc1)C(=O)c1ccccc1N. The van der Waals surface area contributed by atoms with E-state index in [1.807, 2.05) is 31.2 Å². The second kappa shape index (κ2) is 6.00. The van der Waals surface area contributed by atoms with Crippen LogP contribution in [0.25, 0.3) is 0 Å². The zero-order valence-electron chi connectivity index (χ0n) is 10.9. The van der Waals surface area contributed by atoms with Crippen molar-refractivity contribution in [1.82, 2.24) is 9.88 Å². The molecule has 0 spiro atoms. The maximum absolute atomic E-state index is 12.4. The molecule has 2 rings (SSSR count). The molecule has 1 heterocycles. The summed E-state index contributed by atoms with van der Waals surface area (Å²) in [5, 5.41) is 0. The Morgan fingerprint density at radius 1 is 1.21 bits per heavy atom. The van der Waals surface area contributed by atoms with Gasteiger partial charge in [0.25, 0.3) is 5.91 Å². The highest BCUT2D eigenvalue weighted by Crippen LogP contribution is 2.15. The molecule has 1 amide bonds. The fourth-order valence-electron chi connectivity index (χ4n) is 1.90. The minimum Gasteiger partial charge on any atom is -0.398 e. The van der Waals surface area contributed by atoms with Gasteiger partial charge in [0.1, 0.15) is 0 Å². The molecule has 4 nitrogen and oxygen atoms in total. The minimum absolute atomic E-state index is 0.0441. The molecule has 0 bridgehead atoms. The lowest BCUT2D eigenvalue weighted by molar-refractivity contribution is 0.0753. The second-order valence-corrected chi connectivity index (χ2v) is 4.26. The number of hydrogen-bond acceptors (Lipinski definition) is 3. The number of aromatic nitrogens is 1. The lowest BCUT2D eigenvalue weighted by atomic mass is 10.1. The molecule has 2 aromatic rings. The summed E-state index contributed by atoms with van der Waals surface area (Å²) in [5.74, 6) is -0.0441. The van der Waals surface area contributed by atoms with E-state index in [0.717, 1.165) is 5.56 Å². The third-order valence-corrected chi connectivity index (χ3v) is 2.98. The fourth-order valence-corrected chi connectivity index (χ4v) is 1.90. The van der Waals surface area contributed by atoms with E-state index in [0.29, 0.717) is 24.3 Å². The van der Waals surface area contributed by atoms with Crippen molar-refractivity contribution in [3.8, 4) is 0 Å². The largest absolute Gasteiger partial charge is 0.398 e. The van der Waals surface area contributed by atoms with Gasteiger partial charge >= 0.3 is 0 Å². The molecule has 0 saturated heterocycles. The molecule has 0 radical (unpaired) electrons. The van der Waals surface area contributed by atoms with Gasteiger partial charge in [-0.3, -0.25) is 9.78 Å². The molecular weight excluding hydrogens is 238 g/mol. The van der Waals surface area contributed by atoms with Crippen LogP contribution in [0.2, 0.25) is 0 Å². The molecule has 1 aromatic carbocycles. The van der Waals surface area contributed by atoms with Gasteiger partial charge in [-0.05, 0) is 36.8 Å². The van der Waals surface area contributed by atoms with Gasteiger partial charge in [-0.25, -0.2) is 0 Å². The summed E-state index contributed by atoms with van der Waals surface area (Å²) in [4.78, 5) is 18.2. The van der Waals surface area contributed by atoms with Crippen LogP contribution >= 0.6 is 0 Å². The normalized spacial score (nSPS) is 10.2. The maximum Gasteiger partial charge on any atom is 0.256 e. The van der Waals surface area contributed by atoms with E-state index in [9.17, 15) is 4.79 Å². The van der Waals surface area contributed by atoms with E-state index in [-0.39, 0.29) is 5.91 Å². The van der Waals surface area contributed by atoms with Gasteiger partial charge in [-0.15, -0.1) is 0 Å². The quantitative estimate of drug-likeness (QED) is 0.853. The predicted molar refractivity (Wildman–Crippen MR) is 75.5 cm³/mol. The first-order valence-corrected chi connectivity index (χ1v) is 6.25. The Kier molecular flexibility index (Phi) is 4.13. The Labute approximate surface area is 112 Å². The summed E-state index contributed by atoms with van der Waals surface area (Å²) < 4.78 is 0. The summed E-state index contributed by atoms with van der Waals surface area (Å²) in [5.41, 5.74) is 7.97. The molecule has 1 aromatic heterocycles. The molecule has 98 valence electrons. The third kappa shape index (κ3) is 3.10. The highest BCUT2D eigenvalue weighted by molar-refractivity contribution is 5.99. The molecule has 2 N–H and O–H groups in total. The van der Waals surface area contributed by atoms with Crippen LogP contribution in [-0.4, -0.2) is 22.3 Å². The lowest BCUT2D eigenvalue weighted by Crippen LogP contribution is -2.30. The number of rotatable bonds is 4. The lowest BCUT2D eigenvalue weighted by Gasteiger charge is -2.21. The van der Waals surface area contributed by atoms with Gasteiger partial charge in [0, 0.05) is 31.2 Å². The van der Waals surface area contributed by atoms with E-state index in [1.165, 1.54) is 0 Å². The van der Waals surface area contributed by atoms with Gasteiger partial charge in [0.05, 0.1) is 5.56 Å². The van der Waals surface area contributed by atoms with Crippen LogP contribution in [0.15, 0.2) is 48.8 Å². The maximum atomic E-state index is 12.4. The van der Waals surface area contributed by atoms with E-state index < -0.39 is 0 Å². The van der Waals surface area contributed by atoms with Crippen LogP contribution < -0.4 is 5.73 Å². The van der Waals surface area contributed by atoms with Crippen LogP contribution in [0.4, 0.5) is 5.69 Å². The van der Waals surface area contributed by atoms with Crippen LogP contribution in [0, 0.1) is 0 Å². The first kappa shape index (κ1) is 13.1. The first-order chi connectivity index (χ1) is 9.22. The summed E-state index contributed by atoms with van der Waals surface area (Å²) >= 11 is 0. The topological polar surface area (TPSA) is 59.2 Å². The van der Waals surface area contributed by atoms with Gasteiger partial charge in [-0.1, -0.05) is 12.1 Å². The minimum atomic E-state index is -0.0441. The van der Waals surface area contributed by atoms with Crippen molar-refractivity contribution in [3.63, 3.8) is 0 Å². The highest BCUT2D eigenvalue weighted by Gasteiger charge is 2.16. The molecule has 0 aliphatic rings. The number of nitrogens with zero attached hydrogens (tertiary/aromatic N) is 2. The van der Waals surface area contributed by atoms with Gasteiger partial charge in [-0.2, -0.15) is 0 Å². The van der Waals surface area contributed by atoms with Crippen molar-refractivity contribution in [2.45, 2.75) is 13.5 Å². The summed E-state index contributed by atoms with van der Waals surface area (Å²) in [6.45, 7) is 3.15. The van der Waals surface area contributed by atoms with Crippen molar-refractivity contribution < 1.29 is 4.79 Å². The Morgan fingerprint density at radius 3 is 2.53 bits per heavy atom. The summed E-state index contributed by atoms with van der Waals surface area (Å²) in [6, 6.07) is 11.0. The molecule has 0 saturated carbocycles. The molecule has 0 atom stereocenters. The molecular formula is C15H17N3O. The Balaban J connectivity index is 2.18. The molecule has 4 heteroatoms. The zero-order chi connectivity index (χ0) is 13.7. The number of amides is 1. The van der Waals surface area contributed by atoms with Crippen LogP contribution in [0.5, 0.6) is 0 Å². The molecule has 0 aliphatic heterocycles. The van der Waals surface area contributed by atoms with Crippen molar-refractivity contribution in [2.75, 3.05) is 12.3 Å². The van der Waals surface area contributed by atoms with Gasteiger partial charge < -0.3 is 10.6 Å². The third-order valence-electron chi connectivity index (χ3n) is 2.98. The van der Waals surface area contributed by atoms with E-state index >= 15 is 0 Å². The molecule has 0 aliphatic carbocycles. The number of anilines is 1. The second-order valence-electron chi connectivity index (χ2n) is 4.26. The van der Waals surface area contributed by atoms with Crippen molar-refractivity contribution in [1.29, 1.82) is 0 Å². The number of pyridine rings is 1. The fraction of sp³-hybridized carbons (Fsp3) is 0.200. The smallest absolute Gasteiger partial charge is 0.256 e. The standard InChI is InChI=1S/C15H17N3O/c1-2-18(11-12-7-9-17-10-8-12)15(19)13-5-3-4-6-14(13)16/h3-10H,2,11,16H2,1H3. The Morgan fingerprint density at radius 2 is 1.89 bits per heavy atom. The summed E-state index contributed by atoms with van der Waals surface area (Å²) in [7, 11) is 0. The van der Waals surface area contributed by atoms with Crippen molar-refractivity contribution in [2.24, 2.45) is 0 Å².